The van der Waals surface area contributed by atoms with Crippen molar-refractivity contribution in [3.8, 4) is 0 Å². The smallest absolute Gasteiger partial charge is 0.338 e. The number of esters is 2. The first kappa shape index (κ1) is 31.1. The maximum Gasteiger partial charge on any atom is 0.338 e. The van der Waals surface area contributed by atoms with Gasteiger partial charge in [-0.3, -0.25) is 4.79 Å². The standard InChI is InChI=1S/C36H36O8/c1-26(37)42-36-34(44-35(38)30-20-12-5-13-21-30)33(41-24-29-18-10-4-11-19-29)32(40-23-28-16-8-3-9-17-28)31(43-36)25-39-22-27-14-6-2-7-15-27/h2-21,31-34,36H,22-25H2,1H3/t31-,32+,33+,34-,36?/m1/s1. The normalized spacial score (nSPS) is 21.3. The minimum atomic E-state index is -1.26. The Morgan fingerprint density at radius 1 is 0.591 bits per heavy atom. The molecule has 0 saturated carbocycles. The monoisotopic (exact) mass is 596 g/mol. The zero-order valence-corrected chi connectivity index (χ0v) is 24.5. The minimum absolute atomic E-state index is 0.108. The summed E-state index contributed by atoms with van der Waals surface area (Å²) in [4.78, 5) is 25.6. The first-order chi connectivity index (χ1) is 21.6. The molecular weight excluding hydrogens is 560 g/mol. The van der Waals surface area contributed by atoms with Gasteiger partial charge >= 0.3 is 11.9 Å². The van der Waals surface area contributed by atoms with Crippen LogP contribution in [-0.2, 0) is 53.0 Å². The zero-order valence-electron chi connectivity index (χ0n) is 24.5. The van der Waals surface area contributed by atoms with Crippen molar-refractivity contribution in [2.24, 2.45) is 0 Å². The van der Waals surface area contributed by atoms with E-state index < -0.39 is 42.6 Å². The Balaban J connectivity index is 1.45. The second-order valence-corrected chi connectivity index (χ2v) is 10.4. The van der Waals surface area contributed by atoms with Crippen LogP contribution in [0.4, 0.5) is 0 Å². The Labute approximate surface area is 257 Å². The van der Waals surface area contributed by atoms with Crippen LogP contribution in [0.5, 0.6) is 0 Å². The van der Waals surface area contributed by atoms with Gasteiger partial charge in [-0.2, -0.15) is 0 Å². The third kappa shape index (κ3) is 8.84. The molecule has 0 bridgehead atoms. The lowest BCUT2D eigenvalue weighted by Crippen LogP contribution is -2.62. The van der Waals surface area contributed by atoms with Gasteiger partial charge in [0.05, 0.1) is 32.0 Å². The molecule has 1 heterocycles. The lowest BCUT2D eigenvalue weighted by molar-refractivity contribution is -0.309. The summed E-state index contributed by atoms with van der Waals surface area (Å²) < 4.78 is 37.0. The topological polar surface area (TPSA) is 89.5 Å². The van der Waals surface area contributed by atoms with Crippen molar-refractivity contribution in [3.05, 3.63) is 144 Å². The highest BCUT2D eigenvalue weighted by Gasteiger charge is 2.51. The Kier molecular flexibility index (Phi) is 11.3. The molecule has 8 heteroatoms. The summed E-state index contributed by atoms with van der Waals surface area (Å²) in [5.74, 6) is -1.20. The molecule has 5 atom stereocenters. The van der Waals surface area contributed by atoms with Crippen molar-refractivity contribution >= 4 is 11.9 Å². The molecule has 1 aliphatic heterocycles. The number of hydrogen-bond acceptors (Lipinski definition) is 8. The Hall–Kier alpha value is -4.34. The van der Waals surface area contributed by atoms with E-state index in [-0.39, 0.29) is 19.8 Å². The van der Waals surface area contributed by atoms with Crippen LogP contribution in [0.3, 0.4) is 0 Å². The quantitative estimate of drug-likeness (QED) is 0.177. The van der Waals surface area contributed by atoms with Crippen LogP contribution in [0.15, 0.2) is 121 Å². The minimum Gasteiger partial charge on any atom is -0.449 e. The fraction of sp³-hybridized carbons (Fsp3) is 0.278. The van der Waals surface area contributed by atoms with Crippen molar-refractivity contribution in [2.45, 2.75) is 57.5 Å². The van der Waals surface area contributed by atoms with Gasteiger partial charge in [0.25, 0.3) is 0 Å². The predicted octanol–water partition coefficient (Wildman–Crippen LogP) is 5.89. The summed E-state index contributed by atoms with van der Waals surface area (Å²) in [6, 6.07) is 37.7. The molecule has 44 heavy (non-hydrogen) atoms. The number of benzene rings is 4. The van der Waals surface area contributed by atoms with Crippen molar-refractivity contribution in [3.63, 3.8) is 0 Å². The molecule has 0 aromatic heterocycles. The first-order valence-electron chi connectivity index (χ1n) is 14.6. The molecule has 5 rings (SSSR count). The van der Waals surface area contributed by atoms with Gasteiger partial charge in [-0.25, -0.2) is 4.79 Å². The van der Waals surface area contributed by atoms with Gasteiger partial charge in [0.2, 0.25) is 6.29 Å². The second kappa shape index (κ2) is 15.9. The van der Waals surface area contributed by atoms with Gasteiger partial charge < -0.3 is 28.4 Å². The molecule has 0 aliphatic carbocycles. The zero-order chi connectivity index (χ0) is 30.6. The summed E-state index contributed by atoms with van der Waals surface area (Å²) in [5.41, 5.74) is 3.19. The largest absolute Gasteiger partial charge is 0.449 e. The predicted molar refractivity (Wildman–Crippen MR) is 162 cm³/mol. The molecule has 1 aliphatic rings. The molecule has 0 radical (unpaired) electrons. The van der Waals surface area contributed by atoms with Crippen molar-refractivity contribution in [1.82, 2.24) is 0 Å². The molecule has 1 unspecified atom stereocenters. The molecule has 4 aromatic carbocycles. The van der Waals surface area contributed by atoms with Crippen LogP contribution >= 0.6 is 0 Å². The molecule has 4 aromatic rings. The molecular formula is C36H36O8. The summed E-state index contributed by atoms with van der Waals surface area (Å²) in [6.45, 7) is 2.16. The maximum atomic E-state index is 13.3. The molecule has 1 fully saturated rings. The van der Waals surface area contributed by atoms with E-state index in [1.807, 2.05) is 91.0 Å². The average molecular weight is 597 g/mol. The number of rotatable bonds is 13. The van der Waals surface area contributed by atoms with E-state index in [2.05, 4.69) is 0 Å². The number of ether oxygens (including phenoxy) is 6. The summed E-state index contributed by atoms with van der Waals surface area (Å²) >= 11 is 0. The van der Waals surface area contributed by atoms with Crippen molar-refractivity contribution in [1.29, 1.82) is 0 Å². The average Bonchev–Trinajstić information content (AvgIpc) is 3.06. The summed E-state index contributed by atoms with van der Waals surface area (Å²) in [7, 11) is 0. The van der Waals surface area contributed by atoms with Gasteiger partial charge in [0, 0.05) is 6.92 Å². The van der Waals surface area contributed by atoms with E-state index >= 15 is 0 Å². The van der Waals surface area contributed by atoms with Crippen LogP contribution in [0.2, 0.25) is 0 Å². The lowest BCUT2D eigenvalue weighted by Gasteiger charge is -2.45. The first-order valence-corrected chi connectivity index (χ1v) is 14.6. The molecule has 0 amide bonds. The van der Waals surface area contributed by atoms with Crippen LogP contribution < -0.4 is 0 Å². The van der Waals surface area contributed by atoms with Crippen LogP contribution in [-0.4, -0.2) is 49.3 Å². The molecule has 0 spiro atoms. The van der Waals surface area contributed by atoms with E-state index in [9.17, 15) is 9.59 Å². The van der Waals surface area contributed by atoms with Crippen LogP contribution in [0.25, 0.3) is 0 Å². The van der Waals surface area contributed by atoms with Gasteiger partial charge in [0.1, 0.15) is 18.3 Å². The fourth-order valence-electron chi connectivity index (χ4n) is 4.95. The Bertz CT molecular complexity index is 1430. The highest BCUT2D eigenvalue weighted by molar-refractivity contribution is 5.89. The third-order valence-corrected chi connectivity index (χ3v) is 7.09. The van der Waals surface area contributed by atoms with E-state index in [0.29, 0.717) is 12.2 Å². The number of carbonyl (C=O) groups is 2. The van der Waals surface area contributed by atoms with E-state index in [0.717, 1.165) is 16.7 Å². The summed E-state index contributed by atoms with van der Waals surface area (Å²) in [6.07, 6.45) is -4.76. The highest BCUT2D eigenvalue weighted by atomic mass is 16.7. The van der Waals surface area contributed by atoms with Gasteiger partial charge in [-0.05, 0) is 28.8 Å². The van der Waals surface area contributed by atoms with E-state index in [1.54, 1.807) is 30.3 Å². The van der Waals surface area contributed by atoms with Gasteiger partial charge in [0.15, 0.2) is 6.10 Å². The summed E-state index contributed by atoms with van der Waals surface area (Å²) in [5, 5.41) is 0. The molecule has 1 saturated heterocycles. The lowest BCUT2D eigenvalue weighted by atomic mass is 9.97. The van der Waals surface area contributed by atoms with Crippen molar-refractivity contribution < 1.29 is 38.0 Å². The SMILES string of the molecule is CC(=O)OC1O[C@H](COCc2ccccc2)[C@H](OCc2ccccc2)[C@H](OCc2ccccc2)[C@H]1OC(=O)c1ccccc1. The third-order valence-electron chi connectivity index (χ3n) is 7.09. The molecule has 8 nitrogen and oxygen atoms in total. The van der Waals surface area contributed by atoms with Crippen LogP contribution in [0.1, 0.15) is 34.0 Å². The fourth-order valence-corrected chi connectivity index (χ4v) is 4.95. The maximum absolute atomic E-state index is 13.3. The molecule has 228 valence electrons. The van der Waals surface area contributed by atoms with Crippen molar-refractivity contribution in [2.75, 3.05) is 6.61 Å². The van der Waals surface area contributed by atoms with Gasteiger partial charge in [-0.1, -0.05) is 109 Å². The van der Waals surface area contributed by atoms with Gasteiger partial charge in [-0.15, -0.1) is 0 Å². The van der Waals surface area contributed by atoms with Crippen LogP contribution in [0, 0.1) is 0 Å². The highest BCUT2D eigenvalue weighted by Crippen LogP contribution is 2.31. The Morgan fingerprint density at radius 3 is 1.59 bits per heavy atom. The number of hydrogen-bond donors (Lipinski definition) is 0. The number of carbonyl (C=O) groups excluding carboxylic acids is 2. The second-order valence-electron chi connectivity index (χ2n) is 10.4. The molecule has 0 N–H and O–H groups in total. The van der Waals surface area contributed by atoms with E-state index in [4.69, 9.17) is 28.4 Å². The Morgan fingerprint density at radius 2 is 1.07 bits per heavy atom. The van der Waals surface area contributed by atoms with E-state index in [1.165, 1.54) is 6.92 Å².